The van der Waals surface area contributed by atoms with E-state index in [9.17, 15) is 12.9 Å². The molecule has 0 N–H and O–H groups in total. The Balaban J connectivity index is 2.22. The highest BCUT2D eigenvalue weighted by Gasteiger charge is 2.31. The first kappa shape index (κ1) is 15.8. The lowest BCUT2D eigenvalue weighted by Crippen LogP contribution is -2.45. The van der Waals surface area contributed by atoms with Gasteiger partial charge >= 0.3 is 6.98 Å². The number of rotatable bonds is 4. The van der Waals surface area contributed by atoms with Crippen LogP contribution in [-0.2, 0) is 0 Å². The molecular weight excluding hydrogens is 315 g/mol. The molecule has 0 spiro atoms. The molecule has 116 valence electrons. The van der Waals surface area contributed by atoms with E-state index in [1.54, 1.807) is 12.1 Å². The van der Waals surface area contributed by atoms with Gasteiger partial charge in [-0.25, -0.2) is 0 Å². The summed E-state index contributed by atoms with van der Waals surface area (Å²) in [5.41, 5.74) is -0.494. The van der Waals surface area contributed by atoms with Crippen LogP contribution in [0.1, 0.15) is 0 Å². The molecule has 0 fully saturated rings. The summed E-state index contributed by atoms with van der Waals surface area (Å²) in [6.07, 6.45) is 0. The molecule has 0 saturated heterocycles. The maximum atomic E-state index is 13.5. The summed E-state index contributed by atoms with van der Waals surface area (Å²) in [5.74, 6) is 0. The Morgan fingerprint density at radius 3 is 1.48 bits per heavy atom. The summed E-state index contributed by atoms with van der Waals surface area (Å²) in [7, 11) is -1.24. The van der Waals surface area contributed by atoms with Crippen LogP contribution in [0.15, 0.2) is 84.9 Å². The van der Waals surface area contributed by atoms with Gasteiger partial charge in [0, 0.05) is 0 Å². The Morgan fingerprint density at radius 1 is 0.565 bits per heavy atom. The molecule has 0 aliphatic rings. The highest BCUT2D eigenvalue weighted by molar-refractivity contribution is 7.80. The molecule has 0 bridgehead atoms. The van der Waals surface area contributed by atoms with Gasteiger partial charge in [-0.1, -0.05) is 84.9 Å². The van der Waals surface area contributed by atoms with Crippen LogP contribution in [0.4, 0.5) is 12.9 Å². The van der Waals surface area contributed by atoms with Crippen molar-refractivity contribution in [2.75, 3.05) is 0 Å². The predicted octanol–water partition coefficient (Wildman–Crippen LogP) is 3.50. The van der Waals surface area contributed by atoms with Crippen LogP contribution < -0.4 is 21.4 Å². The Bertz CT molecular complexity index is 734. The van der Waals surface area contributed by atoms with Crippen molar-refractivity contribution in [2.24, 2.45) is 0 Å². The summed E-state index contributed by atoms with van der Waals surface area (Å²) < 4.78 is 40.5. The van der Waals surface area contributed by atoms with Crippen molar-refractivity contribution in [3.05, 3.63) is 84.9 Å². The quantitative estimate of drug-likeness (QED) is 0.508. The van der Waals surface area contributed by atoms with E-state index in [1.807, 2.05) is 60.7 Å². The van der Waals surface area contributed by atoms with Crippen LogP contribution in [0.3, 0.4) is 0 Å². The minimum absolute atomic E-state index is 0.368. The third-order valence-electron chi connectivity index (χ3n) is 3.56. The Hall–Kier alpha value is -2.06. The average Bonchev–Trinajstić information content (AvgIpc) is 2.57. The Labute approximate surface area is 134 Å². The molecule has 3 aromatic carbocycles. The molecule has 3 aromatic rings. The molecule has 0 amide bonds. The van der Waals surface area contributed by atoms with Crippen LogP contribution in [0.5, 0.6) is 0 Å². The summed E-state index contributed by atoms with van der Waals surface area (Å²) in [5, 5.41) is 2.20. The van der Waals surface area contributed by atoms with Crippen LogP contribution >= 0.6 is 7.92 Å². The van der Waals surface area contributed by atoms with Gasteiger partial charge in [0.25, 0.3) is 0 Å². The molecule has 0 saturated carbocycles. The van der Waals surface area contributed by atoms with Gasteiger partial charge in [-0.2, -0.15) is 0 Å². The Kier molecular flexibility index (Phi) is 4.54. The lowest BCUT2D eigenvalue weighted by molar-refractivity contribution is 0.501. The first-order chi connectivity index (χ1) is 11.1. The second kappa shape index (κ2) is 6.60. The largest absolute Gasteiger partial charge is 0.510 e. The molecule has 0 radical (unpaired) electrons. The number of benzene rings is 3. The van der Waals surface area contributed by atoms with Crippen molar-refractivity contribution in [3.8, 4) is 0 Å². The summed E-state index contributed by atoms with van der Waals surface area (Å²) in [4.78, 5) is 0. The van der Waals surface area contributed by atoms with Crippen LogP contribution in [0, 0.1) is 0 Å². The molecule has 3 rings (SSSR count). The van der Waals surface area contributed by atoms with E-state index in [0.717, 1.165) is 10.6 Å². The zero-order chi connectivity index (χ0) is 16.3. The predicted molar refractivity (Wildman–Crippen MR) is 93.9 cm³/mol. The van der Waals surface area contributed by atoms with E-state index in [-0.39, 0.29) is 0 Å². The van der Waals surface area contributed by atoms with Gasteiger partial charge < -0.3 is 12.9 Å². The third-order valence-corrected chi connectivity index (χ3v) is 6.08. The number of halogens is 3. The van der Waals surface area contributed by atoms with Gasteiger partial charge in [0.15, 0.2) is 0 Å². The zero-order valence-electron chi connectivity index (χ0n) is 12.2. The summed E-state index contributed by atoms with van der Waals surface area (Å²) in [6, 6.07) is 24.8. The zero-order valence-corrected chi connectivity index (χ0v) is 13.1. The van der Waals surface area contributed by atoms with Gasteiger partial charge in [-0.3, -0.25) is 0 Å². The van der Waals surface area contributed by atoms with Crippen molar-refractivity contribution < 1.29 is 12.9 Å². The minimum Gasteiger partial charge on any atom is -0.445 e. The SMILES string of the molecule is F[B-](F)(F)c1ccccc1P(c1ccccc1)c1ccccc1. The maximum Gasteiger partial charge on any atom is 0.510 e. The van der Waals surface area contributed by atoms with Crippen molar-refractivity contribution in [2.45, 2.75) is 0 Å². The summed E-state index contributed by atoms with van der Waals surface area (Å²) in [6.45, 7) is -5.05. The minimum atomic E-state index is -5.05. The smallest absolute Gasteiger partial charge is 0.445 e. The lowest BCUT2D eigenvalue weighted by Gasteiger charge is -2.26. The standard InChI is InChI=1S/C18H14BF3P/c20-19(21,22)17-13-7-8-14-18(17)23(15-9-3-1-4-10-15)16-11-5-2-6-12-16/h1-14H/q-1. The number of hydrogen-bond donors (Lipinski definition) is 0. The molecule has 0 aromatic heterocycles. The normalized spacial score (nSPS) is 11.7. The van der Waals surface area contributed by atoms with Crippen LogP contribution in [0.2, 0.25) is 0 Å². The second-order valence-electron chi connectivity index (χ2n) is 5.14. The summed E-state index contributed by atoms with van der Waals surface area (Å²) >= 11 is 0. The average molecular weight is 329 g/mol. The van der Waals surface area contributed by atoms with Crippen molar-refractivity contribution in [1.82, 2.24) is 0 Å². The van der Waals surface area contributed by atoms with Crippen molar-refractivity contribution in [1.29, 1.82) is 0 Å². The van der Waals surface area contributed by atoms with Crippen molar-refractivity contribution in [3.63, 3.8) is 0 Å². The van der Waals surface area contributed by atoms with Gasteiger partial charge in [0.05, 0.1) is 0 Å². The van der Waals surface area contributed by atoms with E-state index in [1.165, 1.54) is 12.1 Å². The number of hydrogen-bond acceptors (Lipinski definition) is 0. The van der Waals surface area contributed by atoms with E-state index in [0.29, 0.717) is 5.30 Å². The van der Waals surface area contributed by atoms with Crippen molar-refractivity contribution >= 4 is 36.3 Å². The van der Waals surface area contributed by atoms with Gasteiger partial charge in [0.2, 0.25) is 0 Å². The van der Waals surface area contributed by atoms with E-state index in [2.05, 4.69) is 0 Å². The van der Waals surface area contributed by atoms with Gasteiger partial charge in [-0.15, -0.1) is 5.46 Å². The molecule has 0 unspecified atom stereocenters. The van der Waals surface area contributed by atoms with E-state index >= 15 is 0 Å². The molecule has 23 heavy (non-hydrogen) atoms. The fourth-order valence-electron chi connectivity index (χ4n) is 2.55. The molecule has 0 aliphatic carbocycles. The fourth-order valence-corrected chi connectivity index (χ4v) is 5.06. The van der Waals surface area contributed by atoms with E-state index < -0.39 is 20.4 Å². The second-order valence-corrected chi connectivity index (χ2v) is 7.33. The molecule has 0 heterocycles. The first-order valence-corrected chi connectivity index (χ1v) is 8.60. The highest BCUT2D eigenvalue weighted by Crippen LogP contribution is 2.32. The van der Waals surface area contributed by atoms with Crippen LogP contribution in [-0.4, -0.2) is 6.98 Å². The fraction of sp³-hybridized carbons (Fsp3) is 0. The van der Waals surface area contributed by atoms with Crippen LogP contribution in [0.25, 0.3) is 0 Å². The molecule has 0 atom stereocenters. The monoisotopic (exact) mass is 329 g/mol. The molecule has 5 heteroatoms. The topological polar surface area (TPSA) is 0 Å². The lowest BCUT2D eigenvalue weighted by atomic mass is 9.80. The van der Waals surface area contributed by atoms with Gasteiger partial charge in [0.1, 0.15) is 0 Å². The van der Waals surface area contributed by atoms with E-state index in [4.69, 9.17) is 0 Å². The Morgan fingerprint density at radius 2 is 1.00 bits per heavy atom. The first-order valence-electron chi connectivity index (χ1n) is 7.26. The maximum absolute atomic E-state index is 13.5. The molecule has 0 nitrogen and oxygen atoms in total. The highest BCUT2D eigenvalue weighted by atomic mass is 31.1. The van der Waals surface area contributed by atoms with Gasteiger partial charge in [-0.05, 0) is 23.8 Å². The molecule has 0 aliphatic heterocycles. The third kappa shape index (κ3) is 3.48. The molecular formula is C18H14BF3P-.